The summed E-state index contributed by atoms with van der Waals surface area (Å²) >= 11 is 1.36. The van der Waals surface area contributed by atoms with Crippen LogP contribution in [0.3, 0.4) is 0 Å². The summed E-state index contributed by atoms with van der Waals surface area (Å²) in [7, 11) is 0. The summed E-state index contributed by atoms with van der Waals surface area (Å²) in [6.07, 6.45) is 8.58. The second-order valence-corrected chi connectivity index (χ2v) is 9.97. The molecule has 2 heterocycles. The van der Waals surface area contributed by atoms with Gasteiger partial charge in [0.1, 0.15) is 0 Å². The molecule has 0 spiro atoms. The highest BCUT2D eigenvalue weighted by Crippen LogP contribution is 2.35. The lowest BCUT2D eigenvalue weighted by Crippen LogP contribution is -2.49. The average Bonchev–Trinajstić information content (AvgIpc) is 3.37. The number of nitrogens with one attached hydrogen (secondary N) is 2. The Kier molecular flexibility index (Phi) is 7.91. The predicted molar refractivity (Wildman–Crippen MR) is 130 cm³/mol. The number of ketones is 1. The number of thiazole rings is 1. The number of rotatable bonds is 6. The number of carbonyl (C=O) groups is 3. The second kappa shape index (κ2) is 11.3. The summed E-state index contributed by atoms with van der Waals surface area (Å²) in [4.78, 5) is 44.8. The summed E-state index contributed by atoms with van der Waals surface area (Å²) < 4.78 is 0. The maximum Gasteiger partial charge on any atom is 0.322 e. The molecule has 2 aromatic rings. The monoisotopic (exact) mass is 479 g/mol. The molecule has 2 fully saturated rings. The molecule has 1 aromatic carbocycles. The lowest BCUT2D eigenvalue weighted by molar-refractivity contribution is -0.134. The van der Waals surface area contributed by atoms with Gasteiger partial charge < -0.3 is 15.5 Å². The summed E-state index contributed by atoms with van der Waals surface area (Å²) in [5.74, 6) is -0.582. The Morgan fingerprint density at radius 3 is 2.56 bits per heavy atom. The molecule has 34 heavy (non-hydrogen) atoms. The van der Waals surface area contributed by atoms with Gasteiger partial charge in [-0.1, -0.05) is 32.1 Å². The zero-order valence-corrected chi connectivity index (χ0v) is 19.9. The molecule has 178 valence electrons. The van der Waals surface area contributed by atoms with Crippen LogP contribution >= 0.6 is 11.3 Å². The van der Waals surface area contributed by atoms with Crippen molar-refractivity contribution in [1.29, 1.82) is 5.26 Å². The van der Waals surface area contributed by atoms with E-state index >= 15 is 0 Å². The van der Waals surface area contributed by atoms with Gasteiger partial charge in [0.15, 0.2) is 10.9 Å². The molecule has 0 radical (unpaired) electrons. The fraction of sp³-hybridized carbons (Fsp3) is 0.480. The van der Waals surface area contributed by atoms with E-state index < -0.39 is 11.8 Å². The first-order chi connectivity index (χ1) is 16.5. The number of anilines is 2. The van der Waals surface area contributed by atoms with E-state index in [4.69, 9.17) is 5.26 Å². The highest BCUT2D eigenvalue weighted by molar-refractivity contribution is 7.13. The lowest BCUT2D eigenvalue weighted by atomic mass is 9.74. The van der Waals surface area contributed by atoms with Crippen molar-refractivity contribution >= 4 is 39.9 Å². The number of benzene rings is 1. The van der Waals surface area contributed by atoms with Crippen molar-refractivity contribution in [1.82, 2.24) is 9.88 Å². The highest BCUT2D eigenvalue weighted by Gasteiger charge is 2.39. The number of hydrogen-bond acceptors (Lipinski definition) is 6. The molecule has 1 aromatic heterocycles. The Morgan fingerprint density at radius 2 is 1.91 bits per heavy atom. The number of aromatic nitrogens is 1. The second-order valence-electron chi connectivity index (χ2n) is 9.08. The van der Waals surface area contributed by atoms with Crippen LogP contribution in [0.1, 0.15) is 50.5 Å². The summed E-state index contributed by atoms with van der Waals surface area (Å²) in [6.45, 7) is 0.392. The van der Waals surface area contributed by atoms with Gasteiger partial charge in [-0.05, 0) is 43.0 Å². The number of carbonyl (C=O) groups excluding carboxylic acids is 3. The van der Waals surface area contributed by atoms with Crippen LogP contribution in [0.5, 0.6) is 0 Å². The Hall–Kier alpha value is -3.25. The third kappa shape index (κ3) is 6.00. The van der Waals surface area contributed by atoms with Gasteiger partial charge in [-0.25, -0.2) is 9.78 Å². The number of amides is 3. The van der Waals surface area contributed by atoms with Crippen LogP contribution < -0.4 is 10.6 Å². The van der Waals surface area contributed by atoms with Crippen molar-refractivity contribution < 1.29 is 14.4 Å². The Morgan fingerprint density at radius 1 is 1.15 bits per heavy atom. The van der Waals surface area contributed by atoms with E-state index in [1.807, 2.05) is 11.4 Å². The van der Waals surface area contributed by atoms with E-state index in [1.165, 1.54) is 35.5 Å². The molecule has 1 saturated carbocycles. The SMILES string of the molecule is N#Cc1ccc(NC(=O)N2CCC([C@@H](CC3CCCCC3)C(=O)Nc3nccs3)C(=O)C2)cc1. The maximum absolute atomic E-state index is 13.2. The van der Waals surface area contributed by atoms with Crippen molar-refractivity contribution in [3.8, 4) is 6.07 Å². The predicted octanol–water partition coefficient (Wildman–Crippen LogP) is 4.66. The molecule has 1 aliphatic carbocycles. The number of hydrogen-bond donors (Lipinski definition) is 2. The molecular weight excluding hydrogens is 450 g/mol. The van der Waals surface area contributed by atoms with Crippen molar-refractivity contribution in [2.24, 2.45) is 17.8 Å². The minimum absolute atomic E-state index is 0.0154. The quantitative estimate of drug-likeness (QED) is 0.625. The van der Waals surface area contributed by atoms with Gasteiger partial charge in [-0.15, -0.1) is 11.3 Å². The molecule has 0 bridgehead atoms. The largest absolute Gasteiger partial charge is 0.322 e. The summed E-state index contributed by atoms with van der Waals surface area (Å²) in [6, 6.07) is 8.27. The van der Waals surface area contributed by atoms with Gasteiger partial charge in [-0.3, -0.25) is 9.59 Å². The van der Waals surface area contributed by atoms with Gasteiger partial charge in [0.05, 0.1) is 18.2 Å². The first-order valence-corrected chi connectivity index (χ1v) is 12.7. The molecule has 4 rings (SSSR count). The van der Waals surface area contributed by atoms with Crippen LogP contribution in [0.25, 0.3) is 0 Å². The minimum atomic E-state index is -0.414. The first kappa shape index (κ1) is 23.9. The van der Waals surface area contributed by atoms with Crippen LogP contribution in [0.2, 0.25) is 0 Å². The van der Waals surface area contributed by atoms with E-state index in [9.17, 15) is 14.4 Å². The van der Waals surface area contributed by atoms with Crippen molar-refractivity contribution in [3.05, 3.63) is 41.4 Å². The lowest BCUT2D eigenvalue weighted by Gasteiger charge is -2.36. The zero-order valence-electron chi connectivity index (χ0n) is 19.0. The summed E-state index contributed by atoms with van der Waals surface area (Å²) in [5.41, 5.74) is 1.07. The van der Waals surface area contributed by atoms with Crippen LogP contribution in [0.4, 0.5) is 15.6 Å². The van der Waals surface area contributed by atoms with Crippen LogP contribution in [-0.4, -0.2) is 40.7 Å². The van der Waals surface area contributed by atoms with E-state index in [0.29, 0.717) is 41.7 Å². The van der Waals surface area contributed by atoms with Gasteiger partial charge in [-0.2, -0.15) is 5.26 Å². The topological polar surface area (TPSA) is 115 Å². The van der Waals surface area contributed by atoms with Crippen LogP contribution in [-0.2, 0) is 9.59 Å². The molecule has 3 amide bonds. The fourth-order valence-electron chi connectivity index (χ4n) is 4.99. The Labute approximate surface area is 203 Å². The van der Waals surface area contributed by atoms with E-state index in [2.05, 4.69) is 15.6 Å². The molecule has 2 N–H and O–H groups in total. The van der Waals surface area contributed by atoms with E-state index in [-0.39, 0.29) is 24.3 Å². The molecule has 1 unspecified atom stereocenters. The third-order valence-corrected chi connectivity index (χ3v) is 7.51. The van der Waals surface area contributed by atoms with Crippen molar-refractivity contribution in [3.63, 3.8) is 0 Å². The smallest absolute Gasteiger partial charge is 0.317 e. The molecule has 1 aliphatic heterocycles. The minimum Gasteiger partial charge on any atom is -0.317 e. The Bertz CT molecular complexity index is 1040. The standard InChI is InChI=1S/C25H29N5O3S/c26-15-18-6-8-19(9-7-18)28-25(33)30-12-10-20(22(31)16-30)21(14-17-4-2-1-3-5-17)23(32)29-24-27-11-13-34-24/h6-9,11,13,17,20-21H,1-5,10,12,14,16H2,(H,28,33)(H,27,29,32)/t20?,21-/m1/s1. The van der Waals surface area contributed by atoms with Gasteiger partial charge in [0.2, 0.25) is 5.91 Å². The normalized spacial score (nSPS) is 19.8. The van der Waals surface area contributed by atoms with E-state index in [0.717, 1.165) is 12.8 Å². The zero-order chi connectivity index (χ0) is 23.9. The molecule has 2 aliphatic rings. The molecule has 8 nitrogen and oxygen atoms in total. The van der Waals surface area contributed by atoms with Crippen molar-refractivity contribution in [2.75, 3.05) is 23.7 Å². The fourth-order valence-corrected chi connectivity index (χ4v) is 5.52. The van der Waals surface area contributed by atoms with Gasteiger partial charge >= 0.3 is 6.03 Å². The van der Waals surface area contributed by atoms with Crippen LogP contribution in [0.15, 0.2) is 35.8 Å². The molecular formula is C25H29N5O3S. The summed E-state index contributed by atoms with van der Waals surface area (Å²) in [5, 5.41) is 17.0. The Balaban J connectivity index is 1.40. The number of likely N-dealkylation sites (tertiary alicyclic amines) is 1. The molecule has 9 heteroatoms. The van der Waals surface area contributed by atoms with E-state index in [1.54, 1.807) is 30.5 Å². The number of nitriles is 1. The molecule has 2 atom stereocenters. The van der Waals surface area contributed by atoms with Gasteiger partial charge in [0, 0.05) is 35.6 Å². The third-order valence-electron chi connectivity index (χ3n) is 6.82. The first-order valence-electron chi connectivity index (χ1n) is 11.8. The maximum atomic E-state index is 13.2. The number of piperidine rings is 1. The number of urea groups is 1. The number of Topliss-reactive ketones (excluding diaryl/α,β-unsaturated/α-hetero) is 1. The highest BCUT2D eigenvalue weighted by atomic mass is 32.1. The van der Waals surface area contributed by atoms with Crippen molar-refractivity contribution in [2.45, 2.75) is 44.9 Å². The molecule has 1 saturated heterocycles. The number of nitrogens with zero attached hydrogens (tertiary/aromatic N) is 3. The van der Waals surface area contributed by atoms with Gasteiger partial charge in [0.25, 0.3) is 0 Å². The van der Waals surface area contributed by atoms with Crippen LogP contribution in [0, 0.1) is 29.1 Å². The average molecular weight is 480 g/mol.